The van der Waals surface area contributed by atoms with Crippen molar-refractivity contribution in [2.75, 3.05) is 20.3 Å². The number of amides is 2. The summed E-state index contributed by atoms with van der Waals surface area (Å²) < 4.78 is 4.93. The highest BCUT2D eigenvalue weighted by Gasteiger charge is 2.12. The minimum absolute atomic E-state index is 0.0425. The van der Waals surface area contributed by atoms with Crippen molar-refractivity contribution in [3.8, 4) is 0 Å². The average molecular weight is 284 g/mol. The van der Waals surface area contributed by atoms with E-state index in [4.69, 9.17) is 4.74 Å². The number of hydrogen-bond acceptors (Lipinski definition) is 2. The molecule has 0 radical (unpaired) electrons. The van der Waals surface area contributed by atoms with Crippen LogP contribution in [0.25, 0.3) is 0 Å². The second-order valence-corrected chi connectivity index (χ2v) is 5.85. The summed E-state index contributed by atoms with van der Waals surface area (Å²) in [5.74, 6) is 0. The Morgan fingerprint density at radius 1 is 0.950 bits per heavy atom. The smallest absolute Gasteiger partial charge is 0.315 e. The van der Waals surface area contributed by atoms with Crippen LogP contribution in [0.3, 0.4) is 0 Å². The van der Waals surface area contributed by atoms with Gasteiger partial charge in [0, 0.05) is 19.7 Å². The summed E-state index contributed by atoms with van der Waals surface area (Å²) in [6, 6.07) is 0.302. The van der Waals surface area contributed by atoms with Crippen LogP contribution in [0.1, 0.15) is 70.6 Å². The molecule has 0 aromatic heterocycles. The van der Waals surface area contributed by atoms with Crippen molar-refractivity contribution >= 4 is 6.03 Å². The van der Waals surface area contributed by atoms with Gasteiger partial charge in [0.05, 0.1) is 6.61 Å². The molecule has 0 saturated heterocycles. The third kappa shape index (κ3) is 9.18. The van der Waals surface area contributed by atoms with Crippen molar-refractivity contribution in [3.05, 3.63) is 0 Å². The van der Waals surface area contributed by atoms with Gasteiger partial charge in [0.15, 0.2) is 0 Å². The Kier molecular flexibility index (Phi) is 10.4. The highest BCUT2D eigenvalue weighted by molar-refractivity contribution is 5.74. The van der Waals surface area contributed by atoms with E-state index in [-0.39, 0.29) is 6.03 Å². The van der Waals surface area contributed by atoms with Gasteiger partial charge in [-0.1, -0.05) is 57.8 Å². The van der Waals surface area contributed by atoms with Gasteiger partial charge in [-0.15, -0.1) is 0 Å². The van der Waals surface area contributed by atoms with Crippen LogP contribution in [0.15, 0.2) is 0 Å². The number of methoxy groups -OCH3 is 1. The Balaban J connectivity index is 2.25. The number of carbonyl (C=O) groups is 1. The van der Waals surface area contributed by atoms with E-state index in [0.717, 1.165) is 12.8 Å². The van der Waals surface area contributed by atoms with Crippen LogP contribution < -0.4 is 10.6 Å². The molecule has 118 valence electrons. The summed E-state index contributed by atoms with van der Waals surface area (Å²) in [6.07, 6.45) is 14.2. The summed E-state index contributed by atoms with van der Waals surface area (Å²) in [5, 5.41) is 5.97. The van der Waals surface area contributed by atoms with Crippen LogP contribution in [0.2, 0.25) is 0 Å². The molecular weight excluding hydrogens is 252 g/mol. The Labute approximate surface area is 124 Å². The van der Waals surface area contributed by atoms with Crippen molar-refractivity contribution < 1.29 is 9.53 Å². The van der Waals surface area contributed by atoms with Gasteiger partial charge in [0.25, 0.3) is 0 Å². The standard InChI is InChI=1S/C16H32N2O2/c1-20-14-13-17-16(19)18-15-11-9-7-5-3-2-4-6-8-10-12-15/h15H,2-14H2,1H3,(H2,17,18,19). The van der Waals surface area contributed by atoms with Crippen molar-refractivity contribution in [1.82, 2.24) is 10.6 Å². The zero-order valence-corrected chi connectivity index (χ0v) is 13.1. The number of hydrogen-bond donors (Lipinski definition) is 2. The number of carbonyl (C=O) groups excluding carboxylic acids is 1. The number of rotatable bonds is 4. The molecular formula is C16H32N2O2. The van der Waals surface area contributed by atoms with Crippen LogP contribution in [0, 0.1) is 0 Å². The molecule has 0 aliphatic heterocycles. The molecule has 0 spiro atoms. The van der Waals surface area contributed by atoms with Gasteiger partial charge in [-0.05, 0) is 12.8 Å². The highest BCUT2D eigenvalue weighted by Crippen LogP contribution is 2.16. The van der Waals surface area contributed by atoms with E-state index in [1.807, 2.05) is 0 Å². The van der Waals surface area contributed by atoms with Crippen molar-refractivity contribution in [2.45, 2.75) is 76.7 Å². The molecule has 4 heteroatoms. The summed E-state index contributed by atoms with van der Waals surface area (Å²) in [7, 11) is 1.65. The molecule has 0 bridgehead atoms. The first-order valence-corrected chi connectivity index (χ1v) is 8.36. The van der Waals surface area contributed by atoms with E-state index in [9.17, 15) is 4.79 Å². The summed E-state index contributed by atoms with van der Waals surface area (Å²) in [5.41, 5.74) is 0. The highest BCUT2D eigenvalue weighted by atomic mass is 16.5. The van der Waals surface area contributed by atoms with Crippen LogP contribution in [-0.4, -0.2) is 32.3 Å². The Morgan fingerprint density at radius 2 is 1.45 bits per heavy atom. The van der Waals surface area contributed by atoms with Gasteiger partial charge in [-0.2, -0.15) is 0 Å². The van der Waals surface area contributed by atoms with E-state index in [1.54, 1.807) is 7.11 Å². The van der Waals surface area contributed by atoms with Gasteiger partial charge in [-0.25, -0.2) is 4.79 Å². The van der Waals surface area contributed by atoms with Crippen LogP contribution in [0.5, 0.6) is 0 Å². The zero-order valence-electron chi connectivity index (χ0n) is 13.1. The molecule has 0 atom stereocenters. The number of ether oxygens (including phenoxy) is 1. The Hall–Kier alpha value is -0.770. The maximum atomic E-state index is 11.8. The average Bonchev–Trinajstić information content (AvgIpc) is 2.42. The molecule has 1 rings (SSSR count). The zero-order chi connectivity index (χ0) is 14.5. The molecule has 0 aromatic rings. The van der Waals surface area contributed by atoms with E-state index >= 15 is 0 Å². The third-order valence-corrected chi connectivity index (χ3v) is 4.03. The predicted octanol–water partition coefficient (Wildman–Crippen LogP) is 3.61. The lowest BCUT2D eigenvalue weighted by Crippen LogP contribution is -2.43. The molecule has 4 nitrogen and oxygen atoms in total. The van der Waals surface area contributed by atoms with Gasteiger partial charge in [0.2, 0.25) is 0 Å². The molecule has 1 fully saturated rings. The SMILES string of the molecule is COCCNC(=O)NC1CCCCCCCCCCC1. The van der Waals surface area contributed by atoms with Crippen molar-refractivity contribution in [2.24, 2.45) is 0 Å². The summed E-state index contributed by atoms with van der Waals surface area (Å²) in [6.45, 7) is 1.15. The Morgan fingerprint density at radius 3 is 1.95 bits per heavy atom. The monoisotopic (exact) mass is 284 g/mol. The van der Waals surface area contributed by atoms with Gasteiger partial charge in [-0.3, -0.25) is 0 Å². The van der Waals surface area contributed by atoms with Crippen LogP contribution >= 0.6 is 0 Å². The molecule has 1 aliphatic rings. The quantitative estimate of drug-likeness (QED) is 0.775. The largest absolute Gasteiger partial charge is 0.383 e. The summed E-state index contributed by atoms with van der Waals surface area (Å²) >= 11 is 0. The second-order valence-electron chi connectivity index (χ2n) is 5.85. The topological polar surface area (TPSA) is 50.4 Å². The predicted molar refractivity (Wildman–Crippen MR) is 83.0 cm³/mol. The molecule has 0 unspecified atom stereocenters. The number of nitrogens with one attached hydrogen (secondary N) is 2. The normalized spacial score (nSPS) is 19.6. The fraction of sp³-hybridized carbons (Fsp3) is 0.938. The first kappa shape index (κ1) is 17.3. The first-order valence-electron chi connectivity index (χ1n) is 8.36. The van der Waals surface area contributed by atoms with Gasteiger partial charge in [0.1, 0.15) is 0 Å². The fourth-order valence-corrected chi connectivity index (χ4v) is 2.81. The second kappa shape index (κ2) is 12.0. The maximum absolute atomic E-state index is 11.8. The third-order valence-electron chi connectivity index (χ3n) is 4.03. The molecule has 1 saturated carbocycles. The minimum Gasteiger partial charge on any atom is -0.383 e. The fourth-order valence-electron chi connectivity index (χ4n) is 2.81. The molecule has 0 aromatic carbocycles. The molecule has 1 aliphatic carbocycles. The molecule has 20 heavy (non-hydrogen) atoms. The lowest BCUT2D eigenvalue weighted by Gasteiger charge is -2.20. The van der Waals surface area contributed by atoms with Gasteiger partial charge < -0.3 is 15.4 Å². The van der Waals surface area contributed by atoms with Crippen molar-refractivity contribution in [1.29, 1.82) is 0 Å². The first-order chi connectivity index (χ1) is 9.83. The lowest BCUT2D eigenvalue weighted by atomic mass is 9.98. The van der Waals surface area contributed by atoms with E-state index in [0.29, 0.717) is 19.2 Å². The Bertz CT molecular complexity index is 235. The molecule has 0 heterocycles. The molecule has 2 amide bonds. The lowest BCUT2D eigenvalue weighted by molar-refractivity contribution is 0.194. The van der Waals surface area contributed by atoms with E-state index in [1.165, 1.54) is 57.8 Å². The van der Waals surface area contributed by atoms with Crippen LogP contribution in [0.4, 0.5) is 4.79 Å². The number of urea groups is 1. The van der Waals surface area contributed by atoms with E-state index < -0.39 is 0 Å². The van der Waals surface area contributed by atoms with Gasteiger partial charge >= 0.3 is 6.03 Å². The van der Waals surface area contributed by atoms with E-state index in [2.05, 4.69) is 10.6 Å². The molecule has 2 N–H and O–H groups in total. The van der Waals surface area contributed by atoms with Crippen LogP contribution in [-0.2, 0) is 4.74 Å². The minimum atomic E-state index is -0.0425. The van der Waals surface area contributed by atoms with Crippen molar-refractivity contribution in [3.63, 3.8) is 0 Å². The maximum Gasteiger partial charge on any atom is 0.315 e. The summed E-state index contributed by atoms with van der Waals surface area (Å²) in [4.78, 5) is 11.8.